The topological polar surface area (TPSA) is 18.5 Å². The van der Waals surface area contributed by atoms with Crippen LogP contribution in [0.3, 0.4) is 0 Å². The largest absolute Gasteiger partial charge is 0.489 e. The first-order valence-corrected chi connectivity index (χ1v) is 9.13. The first-order valence-electron chi connectivity index (χ1n) is 8.75. The molecule has 2 aromatic carbocycles. The summed E-state index contributed by atoms with van der Waals surface area (Å²) >= 11 is 6.29. The molecule has 3 heteroatoms. The van der Waals surface area contributed by atoms with Crippen LogP contribution in [-0.2, 0) is 25.9 Å². The standard InChI is InChI=1S/C21H23ClO2/c1-21(2)12-16-9-18(22)10-17(20(16)24-21)13-23-19-8-7-14-5-3-4-6-15(14)11-19/h7-11H,3-6,12-13H2,1-2H3. The lowest BCUT2D eigenvalue weighted by atomic mass is 9.92. The van der Waals surface area contributed by atoms with E-state index in [-0.39, 0.29) is 5.60 Å². The molecule has 0 N–H and O–H groups in total. The van der Waals surface area contributed by atoms with Crippen LogP contribution in [0.2, 0.25) is 5.02 Å². The van der Waals surface area contributed by atoms with Crippen molar-refractivity contribution >= 4 is 11.6 Å². The van der Waals surface area contributed by atoms with Crippen molar-refractivity contribution in [1.29, 1.82) is 0 Å². The number of benzene rings is 2. The second-order valence-corrected chi connectivity index (χ2v) is 7.95. The third kappa shape index (κ3) is 3.12. The van der Waals surface area contributed by atoms with Gasteiger partial charge >= 0.3 is 0 Å². The van der Waals surface area contributed by atoms with Gasteiger partial charge in [-0.15, -0.1) is 0 Å². The maximum atomic E-state index is 6.29. The fraction of sp³-hybridized carbons (Fsp3) is 0.429. The number of hydrogen-bond acceptors (Lipinski definition) is 2. The summed E-state index contributed by atoms with van der Waals surface area (Å²) < 4.78 is 12.2. The Hall–Kier alpha value is -1.67. The summed E-state index contributed by atoms with van der Waals surface area (Å²) in [6, 6.07) is 10.5. The molecule has 0 fully saturated rings. The van der Waals surface area contributed by atoms with Gasteiger partial charge in [-0.1, -0.05) is 17.7 Å². The van der Waals surface area contributed by atoms with Gasteiger partial charge in [-0.3, -0.25) is 0 Å². The van der Waals surface area contributed by atoms with E-state index in [4.69, 9.17) is 21.1 Å². The van der Waals surface area contributed by atoms with Crippen molar-refractivity contribution in [3.8, 4) is 11.5 Å². The minimum absolute atomic E-state index is 0.173. The summed E-state index contributed by atoms with van der Waals surface area (Å²) in [6.45, 7) is 4.70. The van der Waals surface area contributed by atoms with Crippen molar-refractivity contribution in [2.45, 2.75) is 58.2 Å². The van der Waals surface area contributed by atoms with Gasteiger partial charge in [-0.25, -0.2) is 0 Å². The highest BCUT2D eigenvalue weighted by Gasteiger charge is 2.32. The van der Waals surface area contributed by atoms with E-state index in [1.165, 1.54) is 36.0 Å². The van der Waals surface area contributed by atoms with Gasteiger partial charge in [0.25, 0.3) is 0 Å². The van der Waals surface area contributed by atoms with Crippen molar-refractivity contribution < 1.29 is 9.47 Å². The van der Waals surface area contributed by atoms with Crippen molar-refractivity contribution in [3.05, 3.63) is 57.6 Å². The van der Waals surface area contributed by atoms with Crippen LogP contribution in [0.5, 0.6) is 11.5 Å². The molecule has 0 aromatic heterocycles. The van der Waals surface area contributed by atoms with Crippen LogP contribution in [0.4, 0.5) is 0 Å². The van der Waals surface area contributed by atoms with E-state index < -0.39 is 0 Å². The van der Waals surface area contributed by atoms with Crippen molar-refractivity contribution in [3.63, 3.8) is 0 Å². The summed E-state index contributed by atoms with van der Waals surface area (Å²) in [5.74, 6) is 1.88. The lowest BCUT2D eigenvalue weighted by Crippen LogP contribution is -2.25. The van der Waals surface area contributed by atoms with Crippen LogP contribution < -0.4 is 9.47 Å². The zero-order valence-electron chi connectivity index (χ0n) is 14.3. The van der Waals surface area contributed by atoms with Gasteiger partial charge in [0, 0.05) is 17.0 Å². The summed E-state index contributed by atoms with van der Waals surface area (Å²) in [6.07, 6.45) is 5.82. The Labute approximate surface area is 148 Å². The SMILES string of the molecule is CC1(C)Cc2cc(Cl)cc(COc3ccc4c(c3)CCCC4)c2O1. The molecule has 0 radical (unpaired) electrons. The predicted octanol–water partition coefficient (Wildman–Crippen LogP) is 5.51. The summed E-state index contributed by atoms with van der Waals surface area (Å²) in [5, 5.41) is 0.749. The molecule has 1 heterocycles. The molecule has 2 nitrogen and oxygen atoms in total. The van der Waals surface area contributed by atoms with Crippen LogP contribution in [-0.4, -0.2) is 5.60 Å². The van der Waals surface area contributed by atoms with Gasteiger partial charge in [0.1, 0.15) is 23.7 Å². The molecule has 0 saturated heterocycles. The van der Waals surface area contributed by atoms with Crippen LogP contribution in [0.25, 0.3) is 0 Å². The normalized spacial score (nSPS) is 17.8. The maximum absolute atomic E-state index is 6.29. The molecule has 2 aliphatic rings. The quantitative estimate of drug-likeness (QED) is 0.732. The molecule has 0 atom stereocenters. The van der Waals surface area contributed by atoms with Crippen LogP contribution in [0.1, 0.15) is 48.9 Å². The lowest BCUT2D eigenvalue weighted by molar-refractivity contribution is 0.135. The van der Waals surface area contributed by atoms with Crippen LogP contribution in [0, 0.1) is 0 Å². The zero-order chi connectivity index (χ0) is 16.7. The van der Waals surface area contributed by atoms with Gasteiger partial charge in [0.05, 0.1) is 0 Å². The fourth-order valence-electron chi connectivity index (χ4n) is 3.81. The first kappa shape index (κ1) is 15.8. The third-order valence-electron chi connectivity index (χ3n) is 4.92. The summed E-state index contributed by atoms with van der Waals surface area (Å²) in [4.78, 5) is 0. The second-order valence-electron chi connectivity index (χ2n) is 7.52. The van der Waals surface area contributed by atoms with E-state index in [1.807, 2.05) is 12.1 Å². The van der Waals surface area contributed by atoms with Gasteiger partial charge in [0.2, 0.25) is 0 Å². The molecule has 2 aromatic rings. The first-order chi connectivity index (χ1) is 11.5. The Morgan fingerprint density at radius 1 is 1.04 bits per heavy atom. The maximum Gasteiger partial charge on any atom is 0.130 e. The molecule has 4 rings (SSSR count). The Morgan fingerprint density at radius 2 is 1.83 bits per heavy atom. The Bertz CT molecular complexity index is 780. The van der Waals surface area contributed by atoms with E-state index in [2.05, 4.69) is 32.0 Å². The second kappa shape index (κ2) is 6.00. The highest BCUT2D eigenvalue weighted by atomic mass is 35.5. The molecule has 1 aliphatic heterocycles. The molecular weight excluding hydrogens is 320 g/mol. The highest BCUT2D eigenvalue weighted by molar-refractivity contribution is 6.30. The number of halogens is 1. The molecular formula is C21H23ClO2. The molecule has 0 bridgehead atoms. The molecule has 0 spiro atoms. The smallest absolute Gasteiger partial charge is 0.130 e. The Morgan fingerprint density at radius 3 is 2.67 bits per heavy atom. The van der Waals surface area contributed by atoms with E-state index in [0.717, 1.165) is 34.9 Å². The summed E-state index contributed by atoms with van der Waals surface area (Å²) in [5.41, 5.74) is 4.94. The Kier molecular flexibility index (Phi) is 3.96. The molecule has 126 valence electrons. The molecule has 24 heavy (non-hydrogen) atoms. The monoisotopic (exact) mass is 342 g/mol. The average molecular weight is 343 g/mol. The number of fused-ring (bicyclic) bond motifs is 2. The molecule has 1 aliphatic carbocycles. The number of rotatable bonds is 3. The van der Waals surface area contributed by atoms with E-state index >= 15 is 0 Å². The van der Waals surface area contributed by atoms with Gasteiger partial charge in [0.15, 0.2) is 0 Å². The summed E-state index contributed by atoms with van der Waals surface area (Å²) in [7, 11) is 0. The van der Waals surface area contributed by atoms with E-state index in [0.29, 0.717) is 6.61 Å². The lowest BCUT2D eigenvalue weighted by Gasteiger charge is -2.19. The number of ether oxygens (including phenoxy) is 2. The minimum Gasteiger partial charge on any atom is -0.489 e. The average Bonchev–Trinajstić information content (AvgIpc) is 2.86. The van der Waals surface area contributed by atoms with E-state index in [1.54, 1.807) is 0 Å². The van der Waals surface area contributed by atoms with E-state index in [9.17, 15) is 0 Å². The van der Waals surface area contributed by atoms with Crippen molar-refractivity contribution in [2.24, 2.45) is 0 Å². The van der Waals surface area contributed by atoms with Crippen LogP contribution >= 0.6 is 11.6 Å². The van der Waals surface area contributed by atoms with Gasteiger partial charge in [-0.2, -0.15) is 0 Å². The predicted molar refractivity (Wildman–Crippen MR) is 97.3 cm³/mol. The molecule has 0 unspecified atom stereocenters. The zero-order valence-corrected chi connectivity index (χ0v) is 15.1. The highest BCUT2D eigenvalue weighted by Crippen LogP contribution is 2.40. The number of hydrogen-bond donors (Lipinski definition) is 0. The molecule has 0 amide bonds. The van der Waals surface area contributed by atoms with Crippen molar-refractivity contribution in [1.82, 2.24) is 0 Å². The third-order valence-corrected chi connectivity index (χ3v) is 5.13. The minimum atomic E-state index is -0.173. The van der Waals surface area contributed by atoms with Crippen molar-refractivity contribution in [2.75, 3.05) is 0 Å². The van der Waals surface area contributed by atoms with Crippen LogP contribution in [0.15, 0.2) is 30.3 Å². The van der Waals surface area contributed by atoms with Gasteiger partial charge < -0.3 is 9.47 Å². The Balaban J connectivity index is 1.55. The number of aryl methyl sites for hydroxylation is 2. The van der Waals surface area contributed by atoms with Gasteiger partial charge in [-0.05, 0) is 80.5 Å². The molecule has 0 saturated carbocycles. The fourth-order valence-corrected chi connectivity index (χ4v) is 4.08.